The van der Waals surface area contributed by atoms with Crippen molar-refractivity contribution in [3.63, 3.8) is 0 Å². The summed E-state index contributed by atoms with van der Waals surface area (Å²) in [4.78, 5) is 4.10. The van der Waals surface area contributed by atoms with Crippen molar-refractivity contribution in [3.8, 4) is 0 Å². The van der Waals surface area contributed by atoms with E-state index in [1.165, 1.54) is 11.8 Å². The van der Waals surface area contributed by atoms with E-state index >= 15 is 0 Å². The fourth-order valence-corrected chi connectivity index (χ4v) is 1.60. The van der Waals surface area contributed by atoms with Gasteiger partial charge in [-0.1, -0.05) is 31.7 Å². The summed E-state index contributed by atoms with van der Waals surface area (Å²) < 4.78 is 0. The molecule has 0 fully saturated rings. The zero-order valence-electron chi connectivity index (χ0n) is 10.4. The number of allylic oxidation sites excluding steroid dienone is 2. The van der Waals surface area contributed by atoms with Gasteiger partial charge >= 0.3 is 0 Å². The van der Waals surface area contributed by atoms with Crippen molar-refractivity contribution in [1.82, 2.24) is 0 Å². The van der Waals surface area contributed by atoms with Gasteiger partial charge in [0, 0.05) is 24.2 Å². The molecular weight excluding hydrogens is 208 g/mol. The molecule has 0 aliphatic carbocycles. The molecule has 1 N–H and O–H groups in total. The topological polar surface area (TPSA) is 36.2 Å². The highest BCUT2D eigenvalue weighted by Crippen LogP contribution is 2.21. The number of hydrogen-bond donors (Lipinski definition) is 1. The molecule has 0 amide bonds. The molecule has 0 aromatic heterocycles. The number of hydrogen-bond acceptors (Lipinski definition) is 2. The van der Waals surface area contributed by atoms with Crippen molar-refractivity contribution in [3.05, 3.63) is 53.7 Å². The molecule has 2 nitrogen and oxygen atoms in total. The molecule has 0 aliphatic rings. The lowest BCUT2D eigenvalue weighted by atomic mass is 9.98. The molecular formula is C15H18N2. The number of rotatable bonds is 5. The van der Waals surface area contributed by atoms with Crippen LogP contribution >= 0.6 is 0 Å². The molecule has 1 rings (SSSR count). The Morgan fingerprint density at radius 2 is 2.24 bits per heavy atom. The summed E-state index contributed by atoms with van der Waals surface area (Å²) in [5, 5.41) is 7.48. The number of aryl methyl sites for hydroxylation is 1. The number of aliphatic imine (C=N–C) groups is 1. The molecule has 1 aromatic rings. The average molecular weight is 226 g/mol. The van der Waals surface area contributed by atoms with E-state index in [9.17, 15) is 0 Å². The SMILES string of the molecule is C=C/C(=C\N=CC)c1ccc(CC)cc1C=N. The molecule has 88 valence electrons. The van der Waals surface area contributed by atoms with E-state index in [1.807, 2.05) is 19.1 Å². The van der Waals surface area contributed by atoms with Crippen molar-refractivity contribution >= 4 is 18.0 Å². The molecule has 0 bridgehead atoms. The minimum Gasteiger partial charge on any atom is -0.308 e. The smallest absolute Gasteiger partial charge is 0.0342 e. The summed E-state index contributed by atoms with van der Waals surface area (Å²) in [6.45, 7) is 7.77. The number of nitrogens with zero attached hydrogens (tertiary/aromatic N) is 1. The summed E-state index contributed by atoms with van der Waals surface area (Å²) in [6.07, 6.45) is 7.61. The largest absolute Gasteiger partial charge is 0.308 e. The van der Waals surface area contributed by atoms with Crippen LogP contribution in [0.5, 0.6) is 0 Å². The zero-order chi connectivity index (χ0) is 12.7. The monoisotopic (exact) mass is 226 g/mol. The molecule has 0 heterocycles. The first-order valence-corrected chi connectivity index (χ1v) is 5.71. The van der Waals surface area contributed by atoms with Crippen LogP contribution < -0.4 is 0 Å². The Bertz CT molecular complexity index is 468. The van der Waals surface area contributed by atoms with E-state index in [0.29, 0.717) is 0 Å². The van der Waals surface area contributed by atoms with Crippen LogP contribution in [0.3, 0.4) is 0 Å². The highest BCUT2D eigenvalue weighted by atomic mass is 14.7. The first-order chi connectivity index (χ1) is 8.26. The van der Waals surface area contributed by atoms with E-state index < -0.39 is 0 Å². The maximum Gasteiger partial charge on any atom is 0.0342 e. The molecule has 0 spiro atoms. The summed E-state index contributed by atoms with van der Waals surface area (Å²) in [7, 11) is 0. The summed E-state index contributed by atoms with van der Waals surface area (Å²) in [5.41, 5.74) is 4.07. The standard InChI is InChI=1S/C15H18N2/c1-4-12-7-8-15(14(9-12)10-16)13(5-2)11-17-6-3/h5-11,16H,2,4H2,1,3H3/b13-11+,16-10?,17-6?. The molecule has 0 saturated heterocycles. The summed E-state index contributed by atoms with van der Waals surface area (Å²) >= 11 is 0. The van der Waals surface area contributed by atoms with E-state index in [-0.39, 0.29) is 0 Å². The van der Waals surface area contributed by atoms with Crippen molar-refractivity contribution in [2.24, 2.45) is 4.99 Å². The van der Waals surface area contributed by atoms with Crippen LogP contribution in [0.15, 0.2) is 42.0 Å². The van der Waals surface area contributed by atoms with Gasteiger partial charge in [-0.15, -0.1) is 0 Å². The van der Waals surface area contributed by atoms with Crippen LogP contribution in [0, 0.1) is 5.41 Å². The lowest BCUT2D eigenvalue weighted by Crippen LogP contribution is -1.93. The molecule has 0 radical (unpaired) electrons. The second kappa shape index (κ2) is 6.59. The summed E-state index contributed by atoms with van der Waals surface area (Å²) in [6, 6.07) is 6.14. The highest BCUT2D eigenvalue weighted by Gasteiger charge is 2.04. The maximum atomic E-state index is 7.48. The molecule has 1 aromatic carbocycles. The van der Waals surface area contributed by atoms with Gasteiger partial charge in [-0.2, -0.15) is 0 Å². The third-order valence-corrected chi connectivity index (χ3v) is 2.57. The second-order valence-electron chi connectivity index (χ2n) is 3.62. The highest BCUT2D eigenvalue weighted by molar-refractivity contribution is 5.89. The van der Waals surface area contributed by atoms with Crippen LogP contribution in [0.2, 0.25) is 0 Å². The predicted octanol–water partition coefficient (Wildman–Crippen LogP) is 3.86. The molecule has 0 aliphatic heterocycles. The van der Waals surface area contributed by atoms with Crippen LogP contribution in [0.25, 0.3) is 5.57 Å². The van der Waals surface area contributed by atoms with E-state index in [1.54, 1.807) is 18.5 Å². The Hall–Kier alpha value is -1.96. The normalized spacial score (nSPS) is 11.8. The Morgan fingerprint density at radius 3 is 2.76 bits per heavy atom. The fraction of sp³-hybridized carbons (Fsp3) is 0.200. The van der Waals surface area contributed by atoms with Crippen LogP contribution in [-0.2, 0) is 6.42 Å². The first-order valence-electron chi connectivity index (χ1n) is 5.71. The lowest BCUT2D eigenvalue weighted by molar-refractivity contribution is 1.14. The zero-order valence-corrected chi connectivity index (χ0v) is 10.4. The number of nitrogens with one attached hydrogen (secondary N) is 1. The van der Waals surface area contributed by atoms with Gasteiger partial charge < -0.3 is 5.41 Å². The number of benzene rings is 1. The quantitative estimate of drug-likeness (QED) is 0.584. The van der Waals surface area contributed by atoms with E-state index in [0.717, 1.165) is 23.1 Å². The minimum atomic E-state index is 0.904. The van der Waals surface area contributed by atoms with Crippen molar-refractivity contribution in [2.75, 3.05) is 0 Å². The Labute approximate surface area is 103 Å². The van der Waals surface area contributed by atoms with Crippen LogP contribution in [-0.4, -0.2) is 12.4 Å². The maximum absolute atomic E-state index is 7.48. The third kappa shape index (κ3) is 3.25. The van der Waals surface area contributed by atoms with Gasteiger partial charge in [-0.3, -0.25) is 4.99 Å². The first kappa shape index (κ1) is 13.1. The second-order valence-corrected chi connectivity index (χ2v) is 3.62. The van der Waals surface area contributed by atoms with Crippen molar-refractivity contribution in [2.45, 2.75) is 20.3 Å². The van der Waals surface area contributed by atoms with Crippen molar-refractivity contribution < 1.29 is 0 Å². The van der Waals surface area contributed by atoms with Gasteiger partial charge in [0.2, 0.25) is 0 Å². The molecule has 0 atom stereocenters. The van der Waals surface area contributed by atoms with Crippen LogP contribution in [0.1, 0.15) is 30.5 Å². The fourth-order valence-electron chi connectivity index (χ4n) is 1.60. The van der Waals surface area contributed by atoms with Crippen LogP contribution in [0.4, 0.5) is 0 Å². The molecule has 0 unspecified atom stereocenters. The van der Waals surface area contributed by atoms with Gasteiger partial charge in [-0.05, 0) is 36.1 Å². The van der Waals surface area contributed by atoms with Gasteiger partial charge in [0.25, 0.3) is 0 Å². The average Bonchev–Trinajstić information content (AvgIpc) is 2.39. The van der Waals surface area contributed by atoms with Gasteiger partial charge in [0.1, 0.15) is 0 Å². The minimum absolute atomic E-state index is 0.904. The van der Waals surface area contributed by atoms with E-state index in [2.05, 4.69) is 24.6 Å². The van der Waals surface area contributed by atoms with E-state index in [4.69, 9.17) is 5.41 Å². The Balaban J connectivity index is 3.28. The molecule has 0 saturated carbocycles. The molecule has 2 heteroatoms. The Kier molecular flexibility index (Phi) is 5.08. The summed E-state index contributed by atoms with van der Waals surface area (Å²) in [5.74, 6) is 0. The predicted molar refractivity (Wildman–Crippen MR) is 76.0 cm³/mol. The Morgan fingerprint density at radius 1 is 1.47 bits per heavy atom. The third-order valence-electron chi connectivity index (χ3n) is 2.57. The van der Waals surface area contributed by atoms with Gasteiger partial charge in [-0.25, -0.2) is 0 Å². The van der Waals surface area contributed by atoms with Gasteiger partial charge in [0.15, 0.2) is 0 Å². The van der Waals surface area contributed by atoms with Gasteiger partial charge in [0.05, 0.1) is 0 Å². The lowest BCUT2D eigenvalue weighted by Gasteiger charge is -2.08. The molecule has 17 heavy (non-hydrogen) atoms. The van der Waals surface area contributed by atoms with Crippen molar-refractivity contribution in [1.29, 1.82) is 5.41 Å².